The number of terminal acetylenes is 1. The second kappa shape index (κ2) is 3.47. The molecule has 0 saturated carbocycles. The smallest absolute Gasteiger partial charge is 0.0770 e. The minimum atomic E-state index is -0.136. The van der Waals surface area contributed by atoms with Crippen molar-refractivity contribution in [1.29, 1.82) is 0 Å². The van der Waals surface area contributed by atoms with Crippen molar-refractivity contribution in [2.45, 2.75) is 32.4 Å². The standard InChI is InChI=1S/C10H17NO/c1-5-10(3,4)11-6-7-12-8-9(11)2/h1,9H,6-8H2,2-4H3/t9-/m0/s1. The molecule has 0 bridgehead atoms. The van der Waals surface area contributed by atoms with E-state index in [9.17, 15) is 0 Å². The number of ether oxygens (including phenoxy) is 1. The molecule has 68 valence electrons. The highest BCUT2D eigenvalue weighted by atomic mass is 16.5. The van der Waals surface area contributed by atoms with Gasteiger partial charge < -0.3 is 4.74 Å². The Morgan fingerprint density at radius 3 is 2.75 bits per heavy atom. The summed E-state index contributed by atoms with van der Waals surface area (Å²) < 4.78 is 5.34. The fraction of sp³-hybridized carbons (Fsp3) is 0.800. The zero-order chi connectivity index (χ0) is 9.19. The summed E-state index contributed by atoms with van der Waals surface area (Å²) in [6, 6.07) is 0.435. The van der Waals surface area contributed by atoms with E-state index in [2.05, 4.69) is 31.6 Å². The lowest BCUT2D eigenvalue weighted by molar-refractivity contribution is -0.0313. The van der Waals surface area contributed by atoms with Gasteiger partial charge in [0.15, 0.2) is 0 Å². The number of rotatable bonds is 1. The molecule has 1 aliphatic heterocycles. The van der Waals surface area contributed by atoms with E-state index in [1.54, 1.807) is 0 Å². The van der Waals surface area contributed by atoms with Crippen LogP contribution >= 0.6 is 0 Å². The van der Waals surface area contributed by atoms with Gasteiger partial charge in [-0.15, -0.1) is 6.42 Å². The van der Waals surface area contributed by atoms with Crippen LogP contribution in [0.1, 0.15) is 20.8 Å². The largest absolute Gasteiger partial charge is 0.379 e. The number of hydrogen-bond donors (Lipinski definition) is 0. The normalized spacial score (nSPS) is 26.7. The molecule has 0 unspecified atom stereocenters. The van der Waals surface area contributed by atoms with E-state index >= 15 is 0 Å². The SMILES string of the molecule is C#CC(C)(C)N1CCOC[C@@H]1C. The van der Waals surface area contributed by atoms with Gasteiger partial charge in [-0.05, 0) is 20.8 Å². The Balaban J connectivity index is 2.67. The third kappa shape index (κ3) is 1.80. The summed E-state index contributed by atoms with van der Waals surface area (Å²) in [5, 5.41) is 0. The van der Waals surface area contributed by atoms with Crippen LogP contribution in [0.15, 0.2) is 0 Å². The highest BCUT2D eigenvalue weighted by Crippen LogP contribution is 2.19. The maximum Gasteiger partial charge on any atom is 0.0770 e. The molecule has 12 heavy (non-hydrogen) atoms. The number of hydrogen-bond acceptors (Lipinski definition) is 2. The van der Waals surface area contributed by atoms with Gasteiger partial charge in [0, 0.05) is 12.6 Å². The first kappa shape index (κ1) is 9.57. The predicted octanol–water partition coefficient (Wildman–Crippen LogP) is 1.12. The van der Waals surface area contributed by atoms with Gasteiger partial charge in [-0.25, -0.2) is 0 Å². The Morgan fingerprint density at radius 2 is 2.25 bits per heavy atom. The average molecular weight is 167 g/mol. The van der Waals surface area contributed by atoms with Gasteiger partial charge in [-0.3, -0.25) is 4.90 Å². The highest BCUT2D eigenvalue weighted by Gasteiger charge is 2.30. The van der Waals surface area contributed by atoms with Crippen molar-refractivity contribution >= 4 is 0 Å². The van der Waals surface area contributed by atoms with Crippen molar-refractivity contribution < 1.29 is 4.74 Å². The molecule has 1 saturated heterocycles. The molecule has 0 aliphatic carbocycles. The summed E-state index contributed by atoms with van der Waals surface area (Å²) in [6.45, 7) is 8.85. The fourth-order valence-corrected chi connectivity index (χ4v) is 1.64. The molecule has 1 rings (SSSR count). The molecule has 0 N–H and O–H groups in total. The maximum atomic E-state index is 5.47. The van der Waals surface area contributed by atoms with Crippen LogP contribution in [-0.4, -0.2) is 36.2 Å². The second-order valence-electron chi connectivity index (χ2n) is 3.82. The molecular weight excluding hydrogens is 150 g/mol. The lowest BCUT2D eigenvalue weighted by Gasteiger charge is -2.41. The average Bonchev–Trinajstić information content (AvgIpc) is 2.05. The Morgan fingerprint density at radius 1 is 1.58 bits per heavy atom. The van der Waals surface area contributed by atoms with Gasteiger partial charge >= 0.3 is 0 Å². The Hall–Kier alpha value is -0.520. The van der Waals surface area contributed by atoms with Crippen LogP contribution in [0.25, 0.3) is 0 Å². The molecule has 1 fully saturated rings. The molecule has 0 aromatic rings. The van der Waals surface area contributed by atoms with Crippen molar-refractivity contribution in [1.82, 2.24) is 4.90 Å². The number of morpholine rings is 1. The van der Waals surface area contributed by atoms with Gasteiger partial charge in [0.1, 0.15) is 0 Å². The van der Waals surface area contributed by atoms with Crippen LogP contribution in [0.4, 0.5) is 0 Å². The molecule has 1 aliphatic rings. The van der Waals surface area contributed by atoms with Crippen LogP contribution in [0.3, 0.4) is 0 Å². The third-order valence-corrected chi connectivity index (χ3v) is 2.44. The summed E-state index contributed by atoms with van der Waals surface area (Å²) in [5.41, 5.74) is -0.136. The van der Waals surface area contributed by atoms with Gasteiger partial charge in [-0.1, -0.05) is 5.92 Å². The zero-order valence-corrected chi connectivity index (χ0v) is 8.13. The van der Waals surface area contributed by atoms with Gasteiger partial charge in [-0.2, -0.15) is 0 Å². The highest BCUT2D eigenvalue weighted by molar-refractivity contribution is 5.09. The Labute approximate surface area is 74.9 Å². The molecule has 0 aromatic carbocycles. The molecule has 1 atom stereocenters. The summed E-state index contributed by atoms with van der Waals surface area (Å²) >= 11 is 0. The number of nitrogens with zero attached hydrogens (tertiary/aromatic N) is 1. The topological polar surface area (TPSA) is 12.5 Å². The molecule has 1 heterocycles. The quantitative estimate of drug-likeness (QED) is 0.543. The van der Waals surface area contributed by atoms with Crippen LogP contribution in [0.5, 0.6) is 0 Å². The lowest BCUT2D eigenvalue weighted by Crippen LogP contribution is -2.53. The minimum Gasteiger partial charge on any atom is -0.379 e. The first-order chi connectivity index (χ1) is 5.58. The van der Waals surface area contributed by atoms with E-state index in [1.807, 2.05) is 0 Å². The van der Waals surface area contributed by atoms with Crippen LogP contribution in [0, 0.1) is 12.3 Å². The van der Waals surface area contributed by atoms with Crippen LogP contribution < -0.4 is 0 Å². The Bertz CT molecular complexity index is 193. The van der Waals surface area contributed by atoms with Crippen molar-refractivity contribution in [3.05, 3.63) is 0 Å². The summed E-state index contributed by atoms with van der Waals surface area (Å²) in [6.07, 6.45) is 5.47. The monoisotopic (exact) mass is 167 g/mol. The summed E-state index contributed by atoms with van der Waals surface area (Å²) in [7, 11) is 0. The molecule has 0 aromatic heterocycles. The van der Waals surface area contributed by atoms with Crippen molar-refractivity contribution in [2.24, 2.45) is 0 Å². The van der Waals surface area contributed by atoms with Gasteiger partial charge in [0.25, 0.3) is 0 Å². The first-order valence-electron chi connectivity index (χ1n) is 4.40. The van der Waals surface area contributed by atoms with Crippen LogP contribution in [0.2, 0.25) is 0 Å². The van der Waals surface area contributed by atoms with Crippen molar-refractivity contribution in [3.63, 3.8) is 0 Å². The summed E-state index contributed by atoms with van der Waals surface area (Å²) in [5.74, 6) is 2.81. The molecule has 2 heteroatoms. The fourth-order valence-electron chi connectivity index (χ4n) is 1.64. The zero-order valence-electron chi connectivity index (χ0n) is 8.13. The minimum absolute atomic E-state index is 0.136. The summed E-state index contributed by atoms with van der Waals surface area (Å²) in [4.78, 5) is 2.32. The lowest BCUT2D eigenvalue weighted by atomic mass is 10.0. The molecule has 0 amide bonds. The van der Waals surface area contributed by atoms with E-state index < -0.39 is 0 Å². The maximum absolute atomic E-state index is 5.47. The van der Waals surface area contributed by atoms with E-state index in [0.717, 1.165) is 19.8 Å². The van der Waals surface area contributed by atoms with Gasteiger partial charge in [0.2, 0.25) is 0 Å². The van der Waals surface area contributed by atoms with E-state index in [-0.39, 0.29) is 5.54 Å². The first-order valence-corrected chi connectivity index (χ1v) is 4.40. The molecule has 0 spiro atoms. The Kier molecular flexibility index (Phi) is 2.76. The van der Waals surface area contributed by atoms with E-state index in [4.69, 9.17) is 11.2 Å². The van der Waals surface area contributed by atoms with Gasteiger partial charge in [0.05, 0.1) is 18.8 Å². The van der Waals surface area contributed by atoms with E-state index in [0.29, 0.717) is 6.04 Å². The third-order valence-electron chi connectivity index (χ3n) is 2.44. The van der Waals surface area contributed by atoms with E-state index in [1.165, 1.54) is 0 Å². The second-order valence-corrected chi connectivity index (χ2v) is 3.82. The molecular formula is C10H17NO. The molecule has 0 radical (unpaired) electrons. The predicted molar refractivity (Wildman–Crippen MR) is 49.9 cm³/mol. The van der Waals surface area contributed by atoms with Crippen molar-refractivity contribution in [3.8, 4) is 12.3 Å². The van der Waals surface area contributed by atoms with Crippen molar-refractivity contribution in [2.75, 3.05) is 19.8 Å². The molecule has 2 nitrogen and oxygen atoms in total. The van der Waals surface area contributed by atoms with Crippen LogP contribution in [-0.2, 0) is 4.74 Å².